The molecular formula is C18H17ClN2. The topological polar surface area (TPSA) is 16.1 Å². The summed E-state index contributed by atoms with van der Waals surface area (Å²) >= 11 is 6.01. The standard InChI is InChI=1S/C18H17ClN2/c19-11-13-21(14-15-6-2-1-3-7-15)18-10-12-20-17-9-5-4-8-16(17)18/h1-10,12H,11,13-14H2. The maximum absolute atomic E-state index is 6.01. The highest BCUT2D eigenvalue weighted by Gasteiger charge is 2.10. The molecule has 0 unspecified atom stereocenters. The van der Waals surface area contributed by atoms with E-state index in [1.165, 1.54) is 16.6 Å². The van der Waals surface area contributed by atoms with Crippen molar-refractivity contribution in [1.82, 2.24) is 4.98 Å². The van der Waals surface area contributed by atoms with Crippen LogP contribution in [0.2, 0.25) is 0 Å². The van der Waals surface area contributed by atoms with Gasteiger partial charge in [-0.25, -0.2) is 0 Å². The van der Waals surface area contributed by atoms with Gasteiger partial charge in [0.15, 0.2) is 0 Å². The van der Waals surface area contributed by atoms with Crippen molar-refractivity contribution < 1.29 is 0 Å². The minimum absolute atomic E-state index is 0.601. The van der Waals surface area contributed by atoms with Crippen molar-refractivity contribution in [2.75, 3.05) is 17.3 Å². The van der Waals surface area contributed by atoms with Crippen LogP contribution in [0, 0.1) is 0 Å². The molecule has 1 aromatic heterocycles. The molecule has 0 N–H and O–H groups in total. The Morgan fingerprint density at radius 2 is 1.67 bits per heavy atom. The first-order valence-electron chi connectivity index (χ1n) is 7.07. The molecule has 0 saturated carbocycles. The Bertz CT molecular complexity index is 707. The molecule has 0 spiro atoms. The van der Waals surface area contributed by atoms with Crippen LogP contribution in [-0.2, 0) is 6.54 Å². The van der Waals surface area contributed by atoms with Crippen molar-refractivity contribution in [3.05, 3.63) is 72.4 Å². The Kier molecular flexibility index (Phi) is 4.37. The predicted octanol–water partition coefficient (Wildman–Crippen LogP) is 4.48. The predicted molar refractivity (Wildman–Crippen MR) is 90.0 cm³/mol. The van der Waals surface area contributed by atoms with Crippen LogP contribution in [-0.4, -0.2) is 17.4 Å². The maximum Gasteiger partial charge on any atom is 0.0722 e. The molecule has 0 atom stereocenters. The van der Waals surface area contributed by atoms with Gasteiger partial charge in [-0.1, -0.05) is 48.5 Å². The lowest BCUT2D eigenvalue weighted by molar-refractivity contribution is 0.838. The van der Waals surface area contributed by atoms with Crippen LogP contribution in [0.1, 0.15) is 5.56 Å². The molecule has 21 heavy (non-hydrogen) atoms. The van der Waals surface area contributed by atoms with Crippen molar-refractivity contribution in [1.29, 1.82) is 0 Å². The Morgan fingerprint density at radius 3 is 2.48 bits per heavy atom. The van der Waals surface area contributed by atoms with E-state index < -0.39 is 0 Å². The average molecular weight is 297 g/mol. The fourth-order valence-corrected chi connectivity index (χ4v) is 2.75. The second kappa shape index (κ2) is 6.59. The number of aromatic nitrogens is 1. The first kappa shape index (κ1) is 13.9. The van der Waals surface area contributed by atoms with Gasteiger partial charge in [0, 0.05) is 36.2 Å². The van der Waals surface area contributed by atoms with Gasteiger partial charge >= 0.3 is 0 Å². The molecule has 0 aliphatic carbocycles. The van der Waals surface area contributed by atoms with Crippen LogP contribution in [0.15, 0.2) is 66.9 Å². The van der Waals surface area contributed by atoms with Gasteiger partial charge in [0.2, 0.25) is 0 Å². The second-order valence-corrected chi connectivity index (χ2v) is 5.32. The molecule has 106 valence electrons. The quantitative estimate of drug-likeness (QED) is 0.645. The van der Waals surface area contributed by atoms with Gasteiger partial charge in [-0.2, -0.15) is 0 Å². The molecule has 0 radical (unpaired) electrons. The third-order valence-corrected chi connectivity index (χ3v) is 3.71. The van der Waals surface area contributed by atoms with Crippen LogP contribution in [0.25, 0.3) is 10.9 Å². The number of para-hydroxylation sites is 1. The highest BCUT2D eigenvalue weighted by Crippen LogP contribution is 2.26. The van der Waals surface area contributed by atoms with Crippen molar-refractivity contribution in [3.8, 4) is 0 Å². The van der Waals surface area contributed by atoms with Crippen LogP contribution in [0.3, 0.4) is 0 Å². The number of halogens is 1. The summed E-state index contributed by atoms with van der Waals surface area (Å²) in [4.78, 5) is 6.74. The zero-order chi connectivity index (χ0) is 14.5. The zero-order valence-electron chi connectivity index (χ0n) is 11.7. The summed E-state index contributed by atoms with van der Waals surface area (Å²) in [6.45, 7) is 1.66. The van der Waals surface area contributed by atoms with Gasteiger partial charge in [0.1, 0.15) is 0 Å². The number of nitrogens with zero attached hydrogens (tertiary/aromatic N) is 2. The van der Waals surface area contributed by atoms with Gasteiger partial charge in [-0.05, 0) is 17.7 Å². The van der Waals surface area contributed by atoms with Gasteiger partial charge in [-0.3, -0.25) is 4.98 Å². The summed E-state index contributed by atoms with van der Waals surface area (Å²) < 4.78 is 0. The van der Waals surface area contributed by atoms with E-state index in [0.717, 1.165) is 18.6 Å². The van der Waals surface area contributed by atoms with Crippen molar-refractivity contribution in [2.45, 2.75) is 6.54 Å². The van der Waals surface area contributed by atoms with Gasteiger partial charge in [0.05, 0.1) is 5.52 Å². The molecule has 0 amide bonds. The fraction of sp³-hybridized carbons (Fsp3) is 0.167. The number of hydrogen-bond donors (Lipinski definition) is 0. The number of benzene rings is 2. The molecule has 3 heteroatoms. The Balaban J connectivity index is 1.99. The number of rotatable bonds is 5. The molecule has 0 aliphatic rings. The Labute approximate surface area is 130 Å². The smallest absolute Gasteiger partial charge is 0.0722 e. The molecule has 1 heterocycles. The number of alkyl halides is 1. The van der Waals surface area contributed by atoms with Gasteiger partial charge < -0.3 is 4.90 Å². The minimum Gasteiger partial charge on any atom is -0.365 e. The lowest BCUT2D eigenvalue weighted by Crippen LogP contribution is -2.25. The van der Waals surface area contributed by atoms with E-state index in [-0.39, 0.29) is 0 Å². The van der Waals surface area contributed by atoms with E-state index in [9.17, 15) is 0 Å². The lowest BCUT2D eigenvalue weighted by atomic mass is 10.1. The molecule has 0 saturated heterocycles. The molecule has 3 rings (SSSR count). The fourth-order valence-electron chi connectivity index (χ4n) is 2.55. The van der Waals surface area contributed by atoms with Crippen molar-refractivity contribution in [3.63, 3.8) is 0 Å². The van der Waals surface area contributed by atoms with E-state index in [2.05, 4.69) is 52.3 Å². The highest BCUT2D eigenvalue weighted by atomic mass is 35.5. The Morgan fingerprint density at radius 1 is 0.905 bits per heavy atom. The SMILES string of the molecule is ClCCN(Cc1ccccc1)c1ccnc2ccccc12. The second-order valence-electron chi connectivity index (χ2n) is 4.94. The summed E-state index contributed by atoms with van der Waals surface area (Å²) in [5.41, 5.74) is 3.48. The lowest BCUT2D eigenvalue weighted by Gasteiger charge is -2.25. The van der Waals surface area contributed by atoms with E-state index in [1.54, 1.807) is 0 Å². The largest absolute Gasteiger partial charge is 0.365 e. The molecule has 0 fully saturated rings. The van der Waals surface area contributed by atoms with Crippen LogP contribution in [0.4, 0.5) is 5.69 Å². The normalized spacial score (nSPS) is 10.7. The van der Waals surface area contributed by atoms with Crippen LogP contribution in [0.5, 0.6) is 0 Å². The monoisotopic (exact) mass is 296 g/mol. The van der Waals surface area contributed by atoms with E-state index in [4.69, 9.17) is 11.6 Å². The summed E-state index contributed by atoms with van der Waals surface area (Å²) in [5.74, 6) is 0.601. The van der Waals surface area contributed by atoms with Crippen LogP contribution < -0.4 is 4.90 Å². The molecule has 0 bridgehead atoms. The minimum atomic E-state index is 0.601. The first-order chi connectivity index (χ1) is 10.4. The summed E-state index contributed by atoms with van der Waals surface area (Å²) in [6.07, 6.45) is 1.86. The third kappa shape index (κ3) is 3.17. The number of pyridine rings is 1. The van der Waals surface area contributed by atoms with Crippen LogP contribution >= 0.6 is 11.6 Å². The van der Waals surface area contributed by atoms with Gasteiger partial charge in [0.25, 0.3) is 0 Å². The highest BCUT2D eigenvalue weighted by molar-refractivity contribution is 6.18. The summed E-state index contributed by atoms with van der Waals surface area (Å²) in [5, 5.41) is 1.17. The van der Waals surface area contributed by atoms with Crippen molar-refractivity contribution in [2.24, 2.45) is 0 Å². The molecule has 2 nitrogen and oxygen atoms in total. The Hall–Kier alpha value is -2.06. The third-order valence-electron chi connectivity index (χ3n) is 3.54. The molecule has 2 aromatic carbocycles. The van der Waals surface area contributed by atoms with E-state index in [1.807, 2.05) is 24.4 Å². The number of hydrogen-bond acceptors (Lipinski definition) is 2. The molecule has 0 aliphatic heterocycles. The van der Waals surface area contributed by atoms with Crippen molar-refractivity contribution >= 4 is 28.2 Å². The zero-order valence-corrected chi connectivity index (χ0v) is 12.5. The number of fused-ring (bicyclic) bond motifs is 1. The summed E-state index contributed by atoms with van der Waals surface area (Å²) in [7, 11) is 0. The van der Waals surface area contributed by atoms with Gasteiger partial charge in [-0.15, -0.1) is 11.6 Å². The van der Waals surface area contributed by atoms with E-state index in [0.29, 0.717) is 5.88 Å². The summed E-state index contributed by atoms with van der Waals surface area (Å²) in [6, 6.07) is 20.8. The molecular weight excluding hydrogens is 280 g/mol. The number of anilines is 1. The average Bonchev–Trinajstić information content (AvgIpc) is 2.55. The van der Waals surface area contributed by atoms with E-state index >= 15 is 0 Å². The maximum atomic E-state index is 6.01. The first-order valence-corrected chi connectivity index (χ1v) is 7.60. The molecule has 3 aromatic rings.